The number of hydrogen-bond acceptors (Lipinski definition) is 4. The van der Waals surface area contributed by atoms with Crippen LogP contribution in [0.1, 0.15) is 55.8 Å². The molecule has 1 aromatic rings. The second-order valence-corrected chi connectivity index (χ2v) is 6.59. The molecule has 1 saturated carbocycles. The van der Waals surface area contributed by atoms with Gasteiger partial charge in [-0.2, -0.15) is 0 Å². The Balaban J connectivity index is 1.76. The molecule has 0 spiro atoms. The molecule has 25 heavy (non-hydrogen) atoms. The lowest BCUT2D eigenvalue weighted by atomic mass is 10.1. The van der Waals surface area contributed by atoms with Gasteiger partial charge in [0.15, 0.2) is 5.11 Å². The monoisotopic (exact) mass is 364 g/mol. The zero-order valence-corrected chi connectivity index (χ0v) is 15.7. The molecule has 0 bridgehead atoms. The van der Waals surface area contributed by atoms with Crippen molar-refractivity contribution < 1.29 is 14.3 Å². The first-order valence-corrected chi connectivity index (χ1v) is 9.52. The van der Waals surface area contributed by atoms with Crippen LogP contribution in [0, 0.1) is 0 Å². The number of thiocarbonyl (C=S) groups is 1. The minimum atomic E-state index is -0.202. The lowest BCUT2D eigenvalue weighted by Gasteiger charge is -2.18. The number of benzene rings is 1. The number of amides is 1. The largest absolute Gasteiger partial charge is 0.491 e. The number of carbonyl (C=O) groups is 1. The van der Waals surface area contributed by atoms with Crippen LogP contribution in [0.2, 0.25) is 0 Å². The van der Waals surface area contributed by atoms with E-state index < -0.39 is 0 Å². The van der Waals surface area contributed by atoms with Crippen molar-refractivity contribution in [2.75, 3.05) is 19.8 Å². The lowest BCUT2D eigenvalue weighted by Crippen LogP contribution is -2.44. The van der Waals surface area contributed by atoms with Gasteiger partial charge in [-0.05, 0) is 56.2 Å². The minimum Gasteiger partial charge on any atom is -0.491 e. The highest BCUT2D eigenvalue weighted by Crippen LogP contribution is 2.17. The van der Waals surface area contributed by atoms with Gasteiger partial charge in [-0.1, -0.05) is 25.7 Å². The van der Waals surface area contributed by atoms with Crippen LogP contribution in [0.15, 0.2) is 24.3 Å². The Hall–Kier alpha value is -1.66. The molecule has 1 aliphatic carbocycles. The molecule has 6 heteroatoms. The quantitative estimate of drug-likeness (QED) is 0.441. The van der Waals surface area contributed by atoms with Crippen molar-refractivity contribution in [3.05, 3.63) is 29.8 Å². The number of ether oxygens (including phenoxy) is 2. The molecule has 138 valence electrons. The van der Waals surface area contributed by atoms with Crippen LogP contribution in [0.4, 0.5) is 0 Å². The Kier molecular flexibility index (Phi) is 8.69. The summed E-state index contributed by atoms with van der Waals surface area (Å²) in [7, 11) is 0. The maximum absolute atomic E-state index is 12.3. The highest BCUT2D eigenvalue weighted by atomic mass is 32.1. The molecule has 1 aliphatic rings. The van der Waals surface area contributed by atoms with E-state index in [0.717, 1.165) is 18.6 Å². The summed E-state index contributed by atoms with van der Waals surface area (Å²) < 4.78 is 10.8. The minimum absolute atomic E-state index is 0.202. The van der Waals surface area contributed by atoms with E-state index in [0.29, 0.717) is 36.5 Å². The van der Waals surface area contributed by atoms with Gasteiger partial charge in [-0.25, -0.2) is 0 Å². The molecule has 0 aromatic heterocycles. The fourth-order valence-electron chi connectivity index (χ4n) is 2.89. The molecular formula is C19H28N2O3S. The molecule has 2 N–H and O–H groups in total. The summed E-state index contributed by atoms with van der Waals surface area (Å²) in [5, 5.41) is 6.45. The summed E-state index contributed by atoms with van der Waals surface area (Å²) in [6.07, 6.45) is 7.25. The van der Waals surface area contributed by atoms with Gasteiger partial charge in [0.1, 0.15) is 12.4 Å². The van der Waals surface area contributed by atoms with Crippen LogP contribution in [0.25, 0.3) is 0 Å². The first-order chi connectivity index (χ1) is 12.2. The molecule has 0 unspecified atom stereocenters. The van der Waals surface area contributed by atoms with E-state index in [1.54, 1.807) is 24.3 Å². The second-order valence-electron chi connectivity index (χ2n) is 6.19. The number of carbonyl (C=O) groups excluding carboxylic acids is 1. The fraction of sp³-hybridized carbons (Fsp3) is 0.579. The summed E-state index contributed by atoms with van der Waals surface area (Å²) in [6.45, 7) is 3.68. The van der Waals surface area contributed by atoms with Crippen LogP contribution in [0.3, 0.4) is 0 Å². The van der Waals surface area contributed by atoms with Gasteiger partial charge < -0.3 is 14.8 Å². The Labute approximate surface area is 155 Å². The van der Waals surface area contributed by atoms with Crippen LogP contribution >= 0.6 is 12.2 Å². The standard InChI is InChI=1S/C19H28N2O3S/c1-2-23-13-14-24-17-11-9-15(10-12-17)18(22)21-19(25)20-16-7-5-3-4-6-8-16/h9-12,16H,2-8,13-14H2,1H3,(H2,20,21,22,25). The molecule has 1 fully saturated rings. The van der Waals surface area contributed by atoms with E-state index in [1.165, 1.54) is 25.7 Å². The predicted octanol–water partition coefficient (Wildman–Crippen LogP) is 3.43. The van der Waals surface area contributed by atoms with Crippen LogP contribution in [-0.2, 0) is 4.74 Å². The summed E-state index contributed by atoms with van der Waals surface area (Å²) in [5.74, 6) is 0.516. The highest BCUT2D eigenvalue weighted by molar-refractivity contribution is 7.80. The van der Waals surface area contributed by atoms with E-state index in [1.807, 2.05) is 6.92 Å². The van der Waals surface area contributed by atoms with Crippen LogP contribution < -0.4 is 15.4 Å². The predicted molar refractivity (Wildman–Crippen MR) is 103 cm³/mol. The fourth-order valence-corrected chi connectivity index (χ4v) is 3.15. The molecule has 1 amide bonds. The molecule has 2 rings (SSSR count). The van der Waals surface area contributed by atoms with E-state index in [-0.39, 0.29) is 5.91 Å². The highest BCUT2D eigenvalue weighted by Gasteiger charge is 2.14. The molecule has 0 saturated heterocycles. The zero-order chi connectivity index (χ0) is 17.9. The zero-order valence-electron chi connectivity index (χ0n) is 14.9. The summed E-state index contributed by atoms with van der Waals surface area (Å²) in [6, 6.07) is 7.40. The molecule has 1 aromatic carbocycles. The Morgan fingerprint density at radius 3 is 2.44 bits per heavy atom. The van der Waals surface area contributed by atoms with Gasteiger partial charge in [-0.15, -0.1) is 0 Å². The Morgan fingerprint density at radius 2 is 1.80 bits per heavy atom. The average molecular weight is 365 g/mol. The summed E-state index contributed by atoms with van der Waals surface area (Å²) >= 11 is 5.28. The molecule has 0 radical (unpaired) electrons. The third-order valence-corrected chi connectivity index (χ3v) is 4.45. The Morgan fingerprint density at radius 1 is 1.12 bits per heavy atom. The smallest absolute Gasteiger partial charge is 0.257 e. The molecule has 5 nitrogen and oxygen atoms in total. The third-order valence-electron chi connectivity index (χ3n) is 4.23. The first kappa shape index (κ1) is 19.7. The van der Waals surface area contributed by atoms with Crippen LogP contribution in [-0.4, -0.2) is 36.9 Å². The normalized spacial score (nSPS) is 15.2. The van der Waals surface area contributed by atoms with Gasteiger partial charge in [-0.3, -0.25) is 10.1 Å². The molecule has 0 heterocycles. The molecule has 0 aliphatic heterocycles. The maximum Gasteiger partial charge on any atom is 0.257 e. The van der Waals surface area contributed by atoms with Crippen molar-refractivity contribution in [2.24, 2.45) is 0 Å². The lowest BCUT2D eigenvalue weighted by molar-refractivity contribution is 0.0976. The van der Waals surface area contributed by atoms with Gasteiger partial charge in [0.2, 0.25) is 0 Å². The third kappa shape index (κ3) is 7.40. The summed E-state index contributed by atoms with van der Waals surface area (Å²) in [5.41, 5.74) is 0.558. The maximum atomic E-state index is 12.3. The van der Waals surface area contributed by atoms with Crippen molar-refractivity contribution in [2.45, 2.75) is 51.5 Å². The van der Waals surface area contributed by atoms with E-state index >= 15 is 0 Å². The average Bonchev–Trinajstić information content (AvgIpc) is 2.88. The van der Waals surface area contributed by atoms with E-state index in [9.17, 15) is 4.79 Å². The number of nitrogens with one attached hydrogen (secondary N) is 2. The summed E-state index contributed by atoms with van der Waals surface area (Å²) in [4.78, 5) is 12.3. The van der Waals surface area contributed by atoms with Gasteiger partial charge >= 0.3 is 0 Å². The Bertz CT molecular complexity index is 540. The van der Waals surface area contributed by atoms with Crippen molar-refractivity contribution in [3.8, 4) is 5.75 Å². The second kappa shape index (κ2) is 11.1. The van der Waals surface area contributed by atoms with E-state index in [4.69, 9.17) is 21.7 Å². The van der Waals surface area contributed by atoms with E-state index in [2.05, 4.69) is 10.6 Å². The van der Waals surface area contributed by atoms with Crippen molar-refractivity contribution in [1.29, 1.82) is 0 Å². The molecular weight excluding hydrogens is 336 g/mol. The van der Waals surface area contributed by atoms with Crippen molar-refractivity contribution in [1.82, 2.24) is 10.6 Å². The topological polar surface area (TPSA) is 59.6 Å². The SMILES string of the molecule is CCOCCOc1ccc(C(=O)NC(=S)NC2CCCCCC2)cc1. The van der Waals surface area contributed by atoms with Crippen molar-refractivity contribution in [3.63, 3.8) is 0 Å². The van der Waals surface area contributed by atoms with Gasteiger partial charge in [0.25, 0.3) is 5.91 Å². The van der Waals surface area contributed by atoms with Gasteiger partial charge in [0, 0.05) is 18.2 Å². The number of hydrogen-bond donors (Lipinski definition) is 2. The van der Waals surface area contributed by atoms with Gasteiger partial charge in [0.05, 0.1) is 6.61 Å². The first-order valence-electron chi connectivity index (χ1n) is 9.11. The number of rotatable bonds is 7. The van der Waals surface area contributed by atoms with Crippen LogP contribution in [0.5, 0.6) is 5.75 Å². The van der Waals surface area contributed by atoms with Crippen molar-refractivity contribution >= 4 is 23.2 Å². The molecule has 0 atom stereocenters.